The Hall–Kier alpha value is -3.13. The van der Waals surface area contributed by atoms with Gasteiger partial charge in [0.1, 0.15) is 5.75 Å². The zero-order valence-corrected chi connectivity index (χ0v) is 15.4. The summed E-state index contributed by atoms with van der Waals surface area (Å²) in [5.74, 6) is 0.0789. The summed E-state index contributed by atoms with van der Waals surface area (Å²) >= 11 is 1.04. The van der Waals surface area contributed by atoms with E-state index in [2.05, 4.69) is 4.98 Å². The minimum atomic E-state index is -4.42. The number of methoxy groups -OCH3 is 1. The second-order valence-corrected chi connectivity index (χ2v) is 6.84. The normalized spacial score (nSPS) is 13.0. The van der Waals surface area contributed by atoms with E-state index in [0.717, 1.165) is 23.5 Å². The number of rotatable bonds is 4. The van der Waals surface area contributed by atoms with Gasteiger partial charge < -0.3 is 9.72 Å². The van der Waals surface area contributed by atoms with E-state index in [4.69, 9.17) is 4.74 Å². The van der Waals surface area contributed by atoms with Gasteiger partial charge in [-0.2, -0.15) is 13.2 Å². The number of ether oxygens (including phenoxy) is 1. The van der Waals surface area contributed by atoms with E-state index in [1.165, 1.54) is 31.4 Å². The smallest absolute Gasteiger partial charge is 0.416 e. The largest absolute Gasteiger partial charge is 0.496 e. The molecule has 1 heterocycles. The summed E-state index contributed by atoms with van der Waals surface area (Å²) in [5.41, 5.74) is -0.388. The molecule has 2 aromatic carbocycles. The molecule has 28 heavy (non-hydrogen) atoms. The molecule has 0 aliphatic heterocycles. The summed E-state index contributed by atoms with van der Waals surface area (Å²) in [7, 11) is 1.45. The summed E-state index contributed by atoms with van der Waals surface area (Å²) in [6, 6.07) is 11.2. The maximum absolute atomic E-state index is 12.6. The lowest BCUT2D eigenvalue weighted by Gasteiger charge is -2.05. The predicted molar refractivity (Wildman–Crippen MR) is 101 cm³/mol. The van der Waals surface area contributed by atoms with Crippen LogP contribution in [0.3, 0.4) is 0 Å². The number of thiazole rings is 1. The van der Waals surface area contributed by atoms with E-state index in [-0.39, 0.29) is 10.3 Å². The number of aromatic amines is 1. The first-order valence-corrected chi connectivity index (χ1v) is 8.87. The van der Waals surface area contributed by atoms with Crippen LogP contribution in [0.5, 0.6) is 5.75 Å². The average molecular weight is 405 g/mol. The summed E-state index contributed by atoms with van der Waals surface area (Å²) in [6.07, 6.45) is -1.66. The number of para-hydroxylation sites is 1. The lowest BCUT2D eigenvalue weighted by Crippen LogP contribution is -2.20. The number of aromatic nitrogens is 1. The number of benzene rings is 2. The minimum absolute atomic E-state index is 0.277. The second-order valence-electron chi connectivity index (χ2n) is 5.76. The van der Waals surface area contributed by atoms with E-state index in [1.807, 2.05) is 0 Å². The Morgan fingerprint density at radius 3 is 2.43 bits per heavy atom. The first-order chi connectivity index (χ1) is 13.3. The van der Waals surface area contributed by atoms with Crippen molar-refractivity contribution in [2.75, 3.05) is 7.11 Å². The average Bonchev–Trinajstić information content (AvgIpc) is 3.00. The van der Waals surface area contributed by atoms with Crippen LogP contribution in [0, 0.1) is 0 Å². The number of hydrogen-bond donors (Lipinski definition) is 1. The van der Waals surface area contributed by atoms with Gasteiger partial charge in [-0.15, -0.1) is 11.3 Å². The highest BCUT2D eigenvalue weighted by molar-refractivity contribution is 7.07. The van der Waals surface area contributed by atoms with Gasteiger partial charge in [-0.25, -0.2) is 0 Å². The molecule has 1 N–H and O–H groups in total. The summed E-state index contributed by atoms with van der Waals surface area (Å²) < 4.78 is 43.6. The fourth-order valence-electron chi connectivity index (χ4n) is 2.49. The fraction of sp³-hybridized carbons (Fsp3) is 0.100. The highest BCUT2D eigenvalue weighted by Crippen LogP contribution is 2.29. The van der Waals surface area contributed by atoms with Crippen molar-refractivity contribution >= 4 is 29.3 Å². The number of carbonyl (C=O) groups is 1. The van der Waals surface area contributed by atoms with Crippen molar-refractivity contribution in [3.8, 4) is 5.75 Å². The van der Waals surface area contributed by atoms with Crippen molar-refractivity contribution in [3.05, 3.63) is 84.8 Å². The lowest BCUT2D eigenvalue weighted by molar-refractivity contribution is -0.137. The Labute approximate surface area is 161 Å². The summed E-state index contributed by atoms with van der Waals surface area (Å²) in [4.78, 5) is 27.1. The standard InChI is InChI=1S/C20H14F3NO3S/c1-27-16-5-3-2-4-14(16)15(25)11-18-24-19(26)17(28-18)10-12-6-8-13(9-7-12)20(21,22)23/h2-11H,1H3,(H,24,26)/b17-10+,18-11+. The first-order valence-electron chi connectivity index (χ1n) is 8.05. The SMILES string of the molecule is COc1ccccc1C(=O)/C=c1\[nH]c(=O)/c(=C\c2ccc(C(F)(F)F)cc2)s1. The van der Waals surface area contributed by atoms with Crippen LogP contribution in [0.2, 0.25) is 0 Å². The Morgan fingerprint density at radius 2 is 1.79 bits per heavy atom. The summed E-state index contributed by atoms with van der Waals surface area (Å²) in [5, 5.41) is 0. The van der Waals surface area contributed by atoms with Crippen LogP contribution in [0.25, 0.3) is 12.2 Å². The predicted octanol–water partition coefficient (Wildman–Crippen LogP) is 2.96. The van der Waals surface area contributed by atoms with Gasteiger partial charge in [0.2, 0.25) is 0 Å². The number of halogens is 3. The summed E-state index contributed by atoms with van der Waals surface area (Å²) in [6.45, 7) is 0. The van der Waals surface area contributed by atoms with Gasteiger partial charge in [0, 0.05) is 6.08 Å². The van der Waals surface area contributed by atoms with Crippen LogP contribution in [0.1, 0.15) is 21.5 Å². The molecular weight excluding hydrogens is 391 g/mol. The van der Waals surface area contributed by atoms with Crippen molar-refractivity contribution in [2.24, 2.45) is 0 Å². The fourth-order valence-corrected chi connectivity index (χ4v) is 3.37. The molecule has 144 valence electrons. The molecule has 8 heteroatoms. The lowest BCUT2D eigenvalue weighted by atomic mass is 10.1. The third-order valence-electron chi connectivity index (χ3n) is 3.85. The maximum Gasteiger partial charge on any atom is 0.416 e. The molecule has 0 saturated heterocycles. The quantitative estimate of drug-likeness (QED) is 0.679. The van der Waals surface area contributed by atoms with E-state index >= 15 is 0 Å². The van der Waals surface area contributed by atoms with Gasteiger partial charge in [0.15, 0.2) is 5.78 Å². The van der Waals surface area contributed by atoms with Crippen molar-refractivity contribution in [3.63, 3.8) is 0 Å². The van der Waals surface area contributed by atoms with Crippen LogP contribution >= 0.6 is 11.3 Å². The van der Waals surface area contributed by atoms with E-state index in [0.29, 0.717) is 21.5 Å². The van der Waals surface area contributed by atoms with Gasteiger partial charge in [0.05, 0.1) is 27.4 Å². The zero-order valence-electron chi connectivity index (χ0n) is 14.5. The Bertz CT molecular complexity index is 1170. The molecule has 4 nitrogen and oxygen atoms in total. The van der Waals surface area contributed by atoms with Crippen molar-refractivity contribution in [1.82, 2.24) is 4.98 Å². The van der Waals surface area contributed by atoms with E-state index in [1.54, 1.807) is 24.3 Å². The molecule has 3 rings (SSSR count). The number of nitrogens with one attached hydrogen (secondary N) is 1. The monoisotopic (exact) mass is 405 g/mol. The molecule has 0 unspecified atom stereocenters. The Balaban J connectivity index is 1.95. The van der Waals surface area contributed by atoms with Crippen LogP contribution in [-0.2, 0) is 6.18 Å². The number of H-pyrrole nitrogens is 1. The molecule has 0 aliphatic rings. The molecule has 0 fully saturated rings. The number of alkyl halides is 3. The van der Waals surface area contributed by atoms with E-state index in [9.17, 15) is 22.8 Å². The third-order valence-corrected chi connectivity index (χ3v) is 4.81. The highest BCUT2D eigenvalue weighted by Gasteiger charge is 2.29. The highest BCUT2D eigenvalue weighted by atomic mass is 32.1. The molecular formula is C20H14F3NO3S. The van der Waals surface area contributed by atoms with Gasteiger partial charge in [-0.3, -0.25) is 9.59 Å². The third kappa shape index (κ3) is 4.40. The van der Waals surface area contributed by atoms with Crippen molar-refractivity contribution in [2.45, 2.75) is 6.18 Å². The number of Topliss-reactive ketones (excluding diaryl/α,β-unsaturated/α-hetero) is 1. The van der Waals surface area contributed by atoms with Crippen molar-refractivity contribution in [1.29, 1.82) is 0 Å². The van der Waals surface area contributed by atoms with Crippen LogP contribution in [0.15, 0.2) is 53.3 Å². The topological polar surface area (TPSA) is 59.2 Å². The van der Waals surface area contributed by atoms with Gasteiger partial charge in [-0.05, 0) is 35.9 Å². The van der Waals surface area contributed by atoms with Crippen molar-refractivity contribution < 1.29 is 22.7 Å². The Kier molecular flexibility index (Phi) is 5.51. The molecule has 0 radical (unpaired) electrons. The number of carbonyl (C=O) groups excluding carboxylic acids is 1. The van der Waals surface area contributed by atoms with Crippen LogP contribution in [0.4, 0.5) is 13.2 Å². The molecule has 0 atom stereocenters. The molecule has 0 aliphatic carbocycles. The first kappa shape index (κ1) is 19.6. The molecule has 0 bridgehead atoms. The zero-order chi connectivity index (χ0) is 20.3. The molecule has 0 saturated carbocycles. The van der Waals surface area contributed by atoms with Crippen LogP contribution < -0.4 is 19.5 Å². The number of hydrogen-bond acceptors (Lipinski definition) is 4. The van der Waals surface area contributed by atoms with Gasteiger partial charge >= 0.3 is 6.18 Å². The molecule has 0 amide bonds. The minimum Gasteiger partial charge on any atom is -0.496 e. The second kappa shape index (κ2) is 7.85. The van der Waals surface area contributed by atoms with Gasteiger partial charge in [0.25, 0.3) is 5.56 Å². The number of ketones is 1. The van der Waals surface area contributed by atoms with Gasteiger partial charge in [-0.1, -0.05) is 24.3 Å². The van der Waals surface area contributed by atoms with E-state index < -0.39 is 17.3 Å². The van der Waals surface area contributed by atoms with Crippen LogP contribution in [-0.4, -0.2) is 17.9 Å². The molecule has 3 aromatic rings. The molecule has 1 aromatic heterocycles. The Morgan fingerprint density at radius 1 is 1.11 bits per heavy atom. The molecule has 0 spiro atoms. The maximum atomic E-state index is 12.6.